The average Bonchev–Trinajstić information content (AvgIpc) is 2.84. The molecular formula is C17H23FN2O2. The number of rotatable bonds is 7. The van der Waals surface area contributed by atoms with Gasteiger partial charge in [-0.25, -0.2) is 4.39 Å². The zero-order chi connectivity index (χ0) is 15.9. The van der Waals surface area contributed by atoms with Crippen LogP contribution in [-0.2, 0) is 16.0 Å². The van der Waals surface area contributed by atoms with Gasteiger partial charge in [-0.2, -0.15) is 0 Å². The first-order chi connectivity index (χ1) is 10.5. The lowest BCUT2D eigenvalue weighted by molar-refractivity contribution is -0.122. The molecule has 22 heavy (non-hydrogen) atoms. The Kier molecular flexibility index (Phi) is 5.92. The van der Waals surface area contributed by atoms with E-state index in [2.05, 4.69) is 10.6 Å². The Morgan fingerprint density at radius 3 is 3.00 bits per heavy atom. The van der Waals surface area contributed by atoms with Crippen LogP contribution in [0.4, 0.5) is 4.39 Å². The number of carbonyl (C=O) groups is 2. The Morgan fingerprint density at radius 2 is 2.32 bits per heavy atom. The van der Waals surface area contributed by atoms with Crippen molar-refractivity contribution >= 4 is 11.8 Å². The molecule has 0 aliphatic carbocycles. The van der Waals surface area contributed by atoms with Crippen LogP contribution < -0.4 is 10.6 Å². The molecule has 1 fully saturated rings. The minimum atomic E-state index is -0.243. The van der Waals surface area contributed by atoms with Gasteiger partial charge in [0.1, 0.15) is 5.82 Å². The summed E-state index contributed by atoms with van der Waals surface area (Å²) in [5.41, 5.74) is 0.911. The Bertz CT molecular complexity index is 533. The highest BCUT2D eigenvalue weighted by molar-refractivity contribution is 5.78. The van der Waals surface area contributed by atoms with E-state index in [0.29, 0.717) is 25.8 Å². The maximum atomic E-state index is 13.1. The number of hydrogen-bond acceptors (Lipinski definition) is 2. The molecular weight excluding hydrogens is 283 g/mol. The first-order valence-electron chi connectivity index (χ1n) is 7.83. The van der Waals surface area contributed by atoms with Gasteiger partial charge in [-0.3, -0.25) is 9.59 Å². The molecule has 2 amide bonds. The highest BCUT2D eigenvalue weighted by Gasteiger charge is 2.20. The topological polar surface area (TPSA) is 58.2 Å². The van der Waals surface area contributed by atoms with Gasteiger partial charge in [-0.15, -0.1) is 0 Å². The normalized spacial score (nSPS) is 18.8. The molecule has 0 aromatic heterocycles. The van der Waals surface area contributed by atoms with Crippen molar-refractivity contribution in [1.82, 2.24) is 10.6 Å². The van der Waals surface area contributed by atoms with E-state index in [1.54, 1.807) is 6.07 Å². The average molecular weight is 306 g/mol. The smallest absolute Gasteiger partial charge is 0.220 e. The third-order valence-electron chi connectivity index (χ3n) is 3.91. The van der Waals surface area contributed by atoms with E-state index >= 15 is 0 Å². The molecule has 0 bridgehead atoms. The zero-order valence-electron chi connectivity index (χ0n) is 12.9. The number of hydrogen-bond donors (Lipinski definition) is 2. The van der Waals surface area contributed by atoms with Gasteiger partial charge in [-0.05, 0) is 42.9 Å². The first-order valence-corrected chi connectivity index (χ1v) is 7.83. The van der Waals surface area contributed by atoms with Crippen molar-refractivity contribution in [3.63, 3.8) is 0 Å². The SMILES string of the molecule is CC(CC(=O)NCC[C@@H]1CCC(=O)N1)Cc1cccc(F)c1. The summed E-state index contributed by atoms with van der Waals surface area (Å²) in [4.78, 5) is 22.9. The van der Waals surface area contributed by atoms with Crippen LogP contribution in [0.5, 0.6) is 0 Å². The van der Waals surface area contributed by atoms with Crippen LogP contribution >= 0.6 is 0 Å². The van der Waals surface area contributed by atoms with Crippen molar-refractivity contribution in [1.29, 1.82) is 0 Å². The van der Waals surface area contributed by atoms with Crippen LogP contribution in [0.15, 0.2) is 24.3 Å². The fraction of sp³-hybridized carbons (Fsp3) is 0.529. The van der Waals surface area contributed by atoms with Crippen LogP contribution in [0, 0.1) is 11.7 Å². The van der Waals surface area contributed by atoms with Crippen LogP contribution in [0.25, 0.3) is 0 Å². The second kappa shape index (κ2) is 7.92. The summed E-state index contributed by atoms with van der Waals surface area (Å²) in [6.07, 6.45) is 3.32. The predicted octanol–water partition coefficient (Wildman–Crippen LogP) is 2.18. The molecule has 2 atom stereocenters. The molecule has 1 aliphatic rings. The third-order valence-corrected chi connectivity index (χ3v) is 3.91. The zero-order valence-corrected chi connectivity index (χ0v) is 12.9. The maximum Gasteiger partial charge on any atom is 0.220 e. The molecule has 4 nitrogen and oxygen atoms in total. The molecule has 0 saturated carbocycles. The van der Waals surface area contributed by atoms with Crippen molar-refractivity contribution in [2.45, 2.75) is 45.1 Å². The van der Waals surface area contributed by atoms with Gasteiger partial charge >= 0.3 is 0 Å². The first kappa shape index (κ1) is 16.5. The van der Waals surface area contributed by atoms with Crippen LogP contribution in [0.1, 0.15) is 38.2 Å². The Labute approximate surface area is 130 Å². The van der Waals surface area contributed by atoms with E-state index in [0.717, 1.165) is 18.4 Å². The second-order valence-electron chi connectivity index (χ2n) is 6.09. The molecule has 1 aliphatic heterocycles. The van der Waals surface area contributed by atoms with Gasteiger partial charge < -0.3 is 10.6 Å². The Hall–Kier alpha value is -1.91. The highest BCUT2D eigenvalue weighted by Crippen LogP contribution is 2.13. The Morgan fingerprint density at radius 1 is 1.50 bits per heavy atom. The van der Waals surface area contributed by atoms with Gasteiger partial charge in [0.05, 0.1) is 0 Å². The van der Waals surface area contributed by atoms with Crippen molar-refractivity contribution in [3.05, 3.63) is 35.6 Å². The molecule has 2 rings (SSSR count). The van der Waals surface area contributed by atoms with Crippen LogP contribution in [0.3, 0.4) is 0 Å². The molecule has 2 N–H and O–H groups in total. The lowest BCUT2D eigenvalue weighted by atomic mass is 9.97. The van der Waals surface area contributed by atoms with E-state index < -0.39 is 0 Å². The van der Waals surface area contributed by atoms with Gasteiger partial charge in [0.15, 0.2) is 0 Å². The summed E-state index contributed by atoms with van der Waals surface area (Å²) in [6, 6.07) is 6.69. The number of carbonyl (C=O) groups excluding carboxylic acids is 2. The predicted molar refractivity (Wildman–Crippen MR) is 82.7 cm³/mol. The monoisotopic (exact) mass is 306 g/mol. The summed E-state index contributed by atoms with van der Waals surface area (Å²) in [5, 5.41) is 5.77. The molecule has 1 aromatic carbocycles. The summed E-state index contributed by atoms with van der Waals surface area (Å²) in [5.74, 6) is 0.0222. The fourth-order valence-electron chi connectivity index (χ4n) is 2.81. The molecule has 120 valence electrons. The maximum absolute atomic E-state index is 13.1. The highest BCUT2D eigenvalue weighted by atomic mass is 19.1. The molecule has 0 spiro atoms. The van der Waals surface area contributed by atoms with Gasteiger partial charge in [0, 0.05) is 25.4 Å². The molecule has 0 radical (unpaired) electrons. The van der Waals surface area contributed by atoms with Crippen molar-refractivity contribution in [2.75, 3.05) is 6.54 Å². The minimum Gasteiger partial charge on any atom is -0.356 e. The lowest BCUT2D eigenvalue weighted by Gasteiger charge is -2.13. The summed E-state index contributed by atoms with van der Waals surface area (Å²) in [7, 11) is 0. The summed E-state index contributed by atoms with van der Waals surface area (Å²) in [6.45, 7) is 2.57. The van der Waals surface area contributed by atoms with Crippen molar-refractivity contribution < 1.29 is 14.0 Å². The Balaban J connectivity index is 1.64. The van der Waals surface area contributed by atoms with E-state index in [9.17, 15) is 14.0 Å². The number of benzene rings is 1. The molecule has 1 saturated heterocycles. The molecule has 1 aromatic rings. The summed E-state index contributed by atoms with van der Waals surface area (Å²) >= 11 is 0. The number of halogens is 1. The fourth-order valence-corrected chi connectivity index (χ4v) is 2.81. The van der Waals surface area contributed by atoms with Gasteiger partial charge in [0.2, 0.25) is 11.8 Å². The molecule has 1 unspecified atom stereocenters. The molecule has 5 heteroatoms. The van der Waals surface area contributed by atoms with E-state index in [1.165, 1.54) is 12.1 Å². The van der Waals surface area contributed by atoms with Crippen molar-refractivity contribution in [2.24, 2.45) is 5.92 Å². The van der Waals surface area contributed by atoms with E-state index in [1.807, 2.05) is 13.0 Å². The lowest BCUT2D eigenvalue weighted by Crippen LogP contribution is -2.32. The second-order valence-corrected chi connectivity index (χ2v) is 6.09. The van der Waals surface area contributed by atoms with E-state index in [4.69, 9.17) is 0 Å². The largest absolute Gasteiger partial charge is 0.356 e. The van der Waals surface area contributed by atoms with Crippen LogP contribution in [-0.4, -0.2) is 24.4 Å². The molecule has 1 heterocycles. The number of amides is 2. The quantitative estimate of drug-likeness (QED) is 0.811. The number of nitrogens with one attached hydrogen (secondary N) is 2. The van der Waals surface area contributed by atoms with Gasteiger partial charge in [0.25, 0.3) is 0 Å². The van der Waals surface area contributed by atoms with Crippen LogP contribution in [0.2, 0.25) is 0 Å². The van der Waals surface area contributed by atoms with E-state index in [-0.39, 0.29) is 29.6 Å². The summed E-state index contributed by atoms with van der Waals surface area (Å²) < 4.78 is 13.1. The van der Waals surface area contributed by atoms with Crippen molar-refractivity contribution in [3.8, 4) is 0 Å². The minimum absolute atomic E-state index is 0.00762. The van der Waals surface area contributed by atoms with Gasteiger partial charge in [-0.1, -0.05) is 19.1 Å². The standard InChI is InChI=1S/C17H23FN2O2/c1-12(9-13-3-2-4-14(18)11-13)10-17(22)19-8-7-15-5-6-16(21)20-15/h2-4,11-12,15H,5-10H2,1H3,(H,19,22)(H,20,21)/t12?,15-/m0/s1. The third kappa shape index (κ3) is 5.47.